The molecule has 20 heavy (non-hydrogen) atoms. The zero-order valence-electron chi connectivity index (χ0n) is 10.8. The van der Waals surface area contributed by atoms with Crippen LogP contribution in [0.5, 0.6) is 0 Å². The minimum Gasteiger partial charge on any atom is -0.361 e. The van der Waals surface area contributed by atoms with Gasteiger partial charge in [-0.15, -0.1) is 11.3 Å². The van der Waals surface area contributed by atoms with Gasteiger partial charge in [0.1, 0.15) is 0 Å². The Morgan fingerprint density at radius 1 is 1.30 bits per heavy atom. The molecule has 0 bridgehead atoms. The van der Waals surface area contributed by atoms with Gasteiger partial charge >= 0.3 is 0 Å². The fourth-order valence-electron chi connectivity index (χ4n) is 2.19. The number of hydrogen-bond donors (Lipinski definition) is 2. The van der Waals surface area contributed by atoms with Crippen LogP contribution in [0.2, 0.25) is 4.34 Å². The summed E-state index contributed by atoms with van der Waals surface area (Å²) in [5, 5.41) is 3.94. The Labute approximate surface area is 125 Å². The van der Waals surface area contributed by atoms with Crippen LogP contribution in [0.15, 0.2) is 42.6 Å². The molecule has 3 nitrogen and oxygen atoms in total. The highest BCUT2D eigenvalue weighted by Crippen LogP contribution is 2.27. The minimum atomic E-state index is -0.0766. The second-order valence-corrected chi connectivity index (χ2v) is 6.33. The van der Waals surface area contributed by atoms with Crippen LogP contribution >= 0.6 is 22.9 Å². The van der Waals surface area contributed by atoms with Crippen molar-refractivity contribution in [2.24, 2.45) is 0 Å². The van der Waals surface area contributed by atoms with Crippen molar-refractivity contribution in [2.75, 3.05) is 0 Å². The molecule has 2 heterocycles. The Kier molecular flexibility index (Phi) is 3.51. The summed E-state index contributed by atoms with van der Waals surface area (Å²) in [7, 11) is 0. The van der Waals surface area contributed by atoms with E-state index in [-0.39, 0.29) is 11.9 Å². The normalized spacial score (nSPS) is 12.5. The lowest BCUT2D eigenvalue weighted by Crippen LogP contribution is -2.26. The molecule has 5 heteroatoms. The lowest BCUT2D eigenvalue weighted by Gasteiger charge is -2.12. The number of thiophene rings is 1. The van der Waals surface area contributed by atoms with Crippen molar-refractivity contribution in [2.45, 2.75) is 13.0 Å². The van der Waals surface area contributed by atoms with Gasteiger partial charge in [0.15, 0.2) is 0 Å². The quantitative estimate of drug-likeness (QED) is 0.741. The monoisotopic (exact) mass is 304 g/mol. The average molecular weight is 305 g/mol. The van der Waals surface area contributed by atoms with Crippen molar-refractivity contribution in [3.8, 4) is 0 Å². The number of aromatic nitrogens is 1. The highest BCUT2D eigenvalue weighted by atomic mass is 35.5. The Balaban J connectivity index is 1.84. The molecule has 0 spiro atoms. The molecule has 1 aromatic carbocycles. The second-order valence-electron chi connectivity index (χ2n) is 4.58. The SMILES string of the molecule is CC(NC(=O)c1cccc2[nH]ccc12)c1ccc(Cl)s1. The van der Waals surface area contributed by atoms with Gasteiger partial charge in [0.25, 0.3) is 5.91 Å². The Hall–Kier alpha value is -1.78. The summed E-state index contributed by atoms with van der Waals surface area (Å²) < 4.78 is 0.730. The van der Waals surface area contributed by atoms with Gasteiger partial charge in [-0.1, -0.05) is 17.7 Å². The minimum absolute atomic E-state index is 0.0609. The van der Waals surface area contributed by atoms with Gasteiger partial charge in [0.2, 0.25) is 0 Å². The molecule has 0 aliphatic heterocycles. The highest BCUT2D eigenvalue weighted by Gasteiger charge is 2.15. The van der Waals surface area contributed by atoms with E-state index in [1.165, 1.54) is 11.3 Å². The summed E-state index contributed by atoms with van der Waals surface area (Å²) in [5.74, 6) is -0.0766. The number of H-pyrrole nitrogens is 1. The molecule has 1 atom stereocenters. The largest absolute Gasteiger partial charge is 0.361 e. The van der Waals surface area contributed by atoms with Crippen LogP contribution in [-0.2, 0) is 0 Å². The molecule has 2 N–H and O–H groups in total. The van der Waals surface area contributed by atoms with Crippen LogP contribution in [0.4, 0.5) is 0 Å². The number of aromatic amines is 1. The average Bonchev–Trinajstić information content (AvgIpc) is 3.06. The van der Waals surface area contributed by atoms with Crippen LogP contribution in [0.1, 0.15) is 28.2 Å². The van der Waals surface area contributed by atoms with Gasteiger partial charge < -0.3 is 10.3 Å². The van der Waals surface area contributed by atoms with Crippen LogP contribution < -0.4 is 5.32 Å². The number of amides is 1. The summed E-state index contributed by atoms with van der Waals surface area (Å²) in [5.41, 5.74) is 1.64. The first-order chi connectivity index (χ1) is 9.65. The number of benzene rings is 1. The first-order valence-electron chi connectivity index (χ1n) is 6.27. The molecular formula is C15H13ClN2OS. The van der Waals surface area contributed by atoms with E-state index >= 15 is 0 Å². The Morgan fingerprint density at radius 3 is 2.90 bits per heavy atom. The molecule has 3 aromatic rings. The number of nitrogens with one attached hydrogen (secondary N) is 2. The molecule has 1 unspecified atom stereocenters. The van der Waals surface area contributed by atoms with Crippen LogP contribution in [0.3, 0.4) is 0 Å². The fourth-order valence-corrected chi connectivity index (χ4v) is 3.25. The number of fused-ring (bicyclic) bond motifs is 1. The van der Waals surface area contributed by atoms with Gasteiger partial charge in [-0.2, -0.15) is 0 Å². The molecule has 3 rings (SSSR count). The predicted octanol–water partition coefficient (Wildman–Crippen LogP) is 4.37. The summed E-state index contributed by atoms with van der Waals surface area (Å²) in [4.78, 5) is 16.5. The van der Waals surface area contributed by atoms with E-state index in [0.29, 0.717) is 5.56 Å². The van der Waals surface area contributed by atoms with E-state index in [1.54, 1.807) is 0 Å². The summed E-state index contributed by atoms with van der Waals surface area (Å²) in [6.45, 7) is 1.96. The molecule has 2 aromatic heterocycles. The molecule has 0 aliphatic carbocycles. The maximum Gasteiger partial charge on any atom is 0.252 e. The van der Waals surface area contributed by atoms with Crippen LogP contribution in [-0.4, -0.2) is 10.9 Å². The van der Waals surface area contributed by atoms with Crippen molar-refractivity contribution >= 4 is 39.7 Å². The molecule has 0 saturated heterocycles. The third-order valence-corrected chi connectivity index (χ3v) is 4.62. The van der Waals surface area contributed by atoms with E-state index in [0.717, 1.165) is 20.1 Å². The standard InChI is InChI=1S/C15H13ClN2OS/c1-9(13-5-6-14(16)20-13)18-15(19)11-3-2-4-12-10(11)7-8-17-12/h2-9,17H,1H3,(H,18,19). The van der Waals surface area contributed by atoms with Crippen molar-refractivity contribution in [3.63, 3.8) is 0 Å². The van der Waals surface area contributed by atoms with Crippen molar-refractivity contribution < 1.29 is 4.79 Å². The smallest absolute Gasteiger partial charge is 0.252 e. The van der Waals surface area contributed by atoms with Crippen LogP contribution in [0, 0.1) is 0 Å². The molecule has 0 saturated carbocycles. The van der Waals surface area contributed by atoms with Gasteiger partial charge in [-0.05, 0) is 37.3 Å². The first-order valence-corrected chi connectivity index (χ1v) is 7.47. The van der Waals surface area contributed by atoms with Gasteiger partial charge in [0, 0.05) is 27.5 Å². The van der Waals surface area contributed by atoms with Crippen LogP contribution in [0.25, 0.3) is 10.9 Å². The van der Waals surface area contributed by atoms with Gasteiger partial charge in [-0.3, -0.25) is 4.79 Å². The molecule has 0 radical (unpaired) electrons. The molecule has 0 fully saturated rings. The number of halogens is 1. The Bertz CT molecular complexity index is 762. The van der Waals surface area contributed by atoms with Crippen molar-refractivity contribution in [1.82, 2.24) is 10.3 Å². The van der Waals surface area contributed by atoms with E-state index in [1.807, 2.05) is 49.5 Å². The van der Waals surface area contributed by atoms with E-state index < -0.39 is 0 Å². The molecule has 102 valence electrons. The number of carbonyl (C=O) groups excluding carboxylic acids is 1. The van der Waals surface area contributed by atoms with E-state index in [9.17, 15) is 4.79 Å². The molecule has 0 aliphatic rings. The maximum atomic E-state index is 12.4. The number of rotatable bonds is 3. The first kappa shape index (κ1) is 13.2. The second kappa shape index (κ2) is 5.31. The predicted molar refractivity (Wildman–Crippen MR) is 83.5 cm³/mol. The third-order valence-electron chi connectivity index (χ3n) is 3.21. The van der Waals surface area contributed by atoms with Crippen molar-refractivity contribution in [3.05, 3.63) is 57.4 Å². The maximum absolute atomic E-state index is 12.4. The fraction of sp³-hybridized carbons (Fsp3) is 0.133. The Morgan fingerprint density at radius 2 is 2.15 bits per heavy atom. The zero-order valence-corrected chi connectivity index (χ0v) is 12.4. The van der Waals surface area contributed by atoms with Crippen molar-refractivity contribution in [1.29, 1.82) is 0 Å². The zero-order chi connectivity index (χ0) is 14.1. The third kappa shape index (κ3) is 2.44. The highest BCUT2D eigenvalue weighted by molar-refractivity contribution is 7.16. The summed E-state index contributed by atoms with van der Waals surface area (Å²) in [6, 6.07) is 11.3. The van der Waals surface area contributed by atoms with E-state index in [2.05, 4.69) is 10.3 Å². The topological polar surface area (TPSA) is 44.9 Å². The lowest BCUT2D eigenvalue weighted by molar-refractivity contribution is 0.0942. The number of hydrogen-bond acceptors (Lipinski definition) is 2. The van der Waals surface area contributed by atoms with Gasteiger partial charge in [0.05, 0.1) is 10.4 Å². The van der Waals surface area contributed by atoms with E-state index in [4.69, 9.17) is 11.6 Å². The summed E-state index contributed by atoms with van der Waals surface area (Å²) in [6.07, 6.45) is 1.84. The summed E-state index contributed by atoms with van der Waals surface area (Å²) >= 11 is 7.41. The molecular weight excluding hydrogens is 292 g/mol. The lowest BCUT2D eigenvalue weighted by atomic mass is 10.1. The molecule has 1 amide bonds. The van der Waals surface area contributed by atoms with Gasteiger partial charge in [-0.25, -0.2) is 0 Å². The number of carbonyl (C=O) groups is 1.